The van der Waals surface area contributed by atoms with E-state index in [0.717, 1.165) is 12.1 Å². The second-order valence-electron chi connectivity index (χ2n) is 8.39. The Hall–Kier alpha value is -3.64. The standard InChI is InChI=1S/C21H23N6O9P/c1-12(2)35-37(32,36-14-5-3-13(4-6-14)27(30)31)33-10-21(9-22)19(29)17(28)18(34-21)15-7-8-16-20(23)24-11-25-26(15)16/h3-8,11-12,17-19,28-29H,10H2,1-2H3,(H2,23,24,25)/t17-,18-,19-,21+,37?/m0/s1. The minimum absolute atomic E-state index is 0.0664. The zero-order valence-electron chi connectivity index (χ0n) is 19.6. The van der Waals surface area contributed by atoms with Crippen LogP contribution in [0.2, 0.25) is 0 Å². The largest absolute Gasteiger partial charge is 0.530 e. The van der Waals surface area contributed by atoms with Crippen LogP contribution in [0.15, 0.2) is 42.7 Å². The summed E-state index contributed by atoms with van der Waals surface area (Å²) in [5, 5.41) is 46.4. The number of nitrogens with zero attached hydrogens (tertiary/aromatic N) is 5. The number of non-ortho nitro benzene ring substituents is 1. The lowest BCUT2D eigenvalue weighted by atomic mass is 9.96. The number of nitrogen functional groups attached to an aromatic ring is 1. The molecule has 15 nitrogen and oxygen atoms in total. The Morgan fingerprint density at radius 3 is 2.65 bits per heavy atom. The molecule has 5 atom stereocenters. The molecule has 4 N–H and O–H groups in total. The van der Waals surface area contributed by atoms with E-state index in [2.05, 4.69) is 10.1 Å². The van der Waals surface area contributed by atoms with Gasteiger partial charge >= 0.3 is 7.82 Å². The highest BCUT2D eigenvalue weighted by Gasteiger charge is 2.57. The molecule has 1 unspecified atom stereocenters. The van der Waals surface area contributed by atoms with Crippen LogP contribution in [0.1, 0.15) is 25.6 Å². The van der Waals surface area contributed by atoms with Crippen molar-refractivity contribution in [3.05, 3.63) is 58.5 Å². The zero-order chi connectivity index (χ0) is 27.0. The molecule has 1 aliphatic heterocycles. The number of anilines is 1. The highest BCUT2D eigenvalue weighted by molar-refractivity contribution is 7.49. The van der Waals surface area contributed by atoms with Gasteiger partial charge in [0, 0.05) is 12.1 Å². The molecule has 2 aromatic heterocycles. The van der Waals surface area contributed by atoms with Gasteiger partial charge in [0.15, 0.2) is 5.82 Å². The minimum atomic E-state index is -4.45. The van der Waals surface area contributed by atoms with E-state index in [1.807, 2.05) is 0 Å². The van der Waals surface area contributed by atoms with Crippen molar-refractivity contribution in [1.29, 1.82) is 5.26 Å². The van der Waals surface area contributed by atoms with Gasteiger partial charge in [0.1, 0.15) is 48.6 Å². The molecule has 0 amide bonds. The van der Waals surface area contributed by atoms with E-state index in [9.17, 15) is 30.2 Å². The van der Waals surface area contributed by atoms with Crippen molar-refractivity contribution in [2.24, 2.45) is 0 Å². The van der Waals surface area contributed by atoms with Crippen LogP contribution in [0, 0.1) is 21.4 Å². The molecule has 1 aromatic carbocycles. The highest BCUT2D eigenvalue weighted by atomic mass is 31.2. The number of hydrogen-bond donors (Lipinski definition) is 3. The first kappa shape index (κ1) is 26.4. The summed E-state index contributed by atoms with van der Waals surface area (Å²) in [6.07, 6.45) is -4.10. The first-order chi connectivity index (χ1) is 17.5. The Balaban J connectivity index is 1.58. The van der Waals surface area contributed by atoms with E-state index in [1.54, 1.807) is 32.0 Å². The molecule has 0 aliphatic carbocycles. The monoisotopic (exact) mass is 534 g/mol. The van der Waals surface area contributed by atoms with Crippen LogP contribution in [0.3, 0.4) is 0 Å². The lowest BCUT2D eigenvalue weighted by Crippen LogP contribution is -2.45. The fourth-order valence-corrected chi connectivity index (χ4v) is 5.15. The number of aliphatic hydroxyl groups is 2. The van der Waals surface area contributed by atoms with E-state index < -0.39 is 49.4 Å². The predicted octanol–water partition coefficient (Wildman–Crippen LogP) is 1.90. The number of hydrogen-bond acceptors (Lipinski definition) is 13. The quantitative estimate of drug-likeness (QED) is 0.203. The molecule has 1 fully saturated rings. The van der Waals surface area contributed by atoms with Crippen LogP contribution in [-0.4, -0.2) is 60.3 Å². The third-order valence-corrected chi connectivity index (χ3v) is 7.04. The Morgan fingerprint density at radius 2 is 2.03 bits per heavy atom. The lowest BCUT2D eigenvalue weighted by molar-refractivity contribution is -0.384. The van der Waals surface area contributed by atoms with Gasteiger partial charge in [0.25, 0.3) is 5.69 Å². The lowest BCUT2D eigenvalue weighted by Gasteiger charge is -2.27. The van der Waals surface area contributed by atoms with Crippen molar-refractivity contribution < 1.29 is 38.0 Å². The number of nitro benzene ring substituents is 1. The summed E-state index contributed by atoms with van der Waals surface area (Å²) in [7, 11) is -4.45. The number of phosphoric acid groups is 1. The second-order valence-corrected chi connectivity index (χ2v) is 9.94. The van der Waals surface area contributed by atoms with Crippen LogP contribution >= 0.6 is 7.82 Å². The summed E-state index contributed by atoms with van der Waals surface area (Å²) < 4.78 is 36.6. The molecule has 1 aliphatic rings. The number of phosphoric ester groups is 1. The van der Waals surface area contributed by atoms with Gasteiger partial charge in [-0.2, -0.15) is 10.4 Å². The molecule has 16 heteroatoms. The van der Waals surface area contributed by atoms with Gasteiger partial charge in [-0.15, -0.1) is 0 Å². The Morgan fingerprint density at radius 1 is 1.32 bits per heavy atom. The molecule has 0 bridgehead atoms. The molecule has 0 spiro atoms. The number of aliphatic hydroxyl groups excluding tert-OH is 2. The van der Waals surface area contributed by atoms with Crippen LogP contribution < -0.4 is 10.3 Å². The summed E-state index contributed by atoms with van der Waals surface area (Å²) >= 11 is 0. The Labute approximate surface area is 209 Å². The topological polar surface area (TPSA) is 218 Å². The summed E-state index contributed by atoms with van der Waals surface area (Å²) in [6, 6.07) is 9.58. The van der Waals surface area contributed by atoms with E-state index in [0.29, 0.717) is 5.52 Å². The van der Waals surface area contributed by atoms with Crippen molar-refractivity contribution in [2.45, 2.75) is 43.9 Å². The third kappa shape index (κ3) is 5.12. The zero-order valence-corrected chi connectivity index (χ0v) is 20.5. The van der Waals surface area contributed by atoms with Crippen molar-refractivity contribution >= 4 is 24.8 Å². The van der Waals surface area contributed by atoms with Gasteiger partial charge in [-0.1, -0.05) is 0 Å². The Bertz CT molecular complexity index is 1390. The van der Waals surface area contributed by atoms with Gasteiger partial charge in [-0.3, -0.25) is 19.2 Å². The average Bonchev–Trinajstić information content (AvgIpc) is 3.38. The minimum Gasteiger partial charge on any atom is -0.404 e. The van der Waals surface area contributed by atoms with Crippen LogP contribution in [0.25, 0.3) is 5.52 Å². The first-order valence-electron chi connectivity index (χ1n) is 10.9. The number of nitro groups is 1. The number of fused-ring (bicyclic) bond motifs is 1. The predicted molar refractivity (Wildman–Crippen MR) is 125 cm³/mol. The fourth-order valence-electron chi connectivity index (χ4n) is 3.74. The number of rotatable bonds is 9. The number of benzene rings is 1. The fraction of sp³-hybridized carbons (Fsp3) is 0.381. The maximum atomic E-state index is 13.4. The van der Waals surface area contributed by atoms with E-state index in [1.165, 1.54) is 23.0 Å². The number of ether oxygens (including phenoxy) is 1. The van der Waals surface area contributed by atoms with Crippen LogP contribution in [0.5, 0.6) is 5.75 Å². The van der Waals surface area contributed by atoms with E-state index in [-0.39, 0.29) is 22.9 Å². The third-order valence-electron chi connectivity index (χ3n) is 5.48. The Kier molecular flexibility index (Phi) is 7.16. The molecule has 196 valence electrons. The summed E-state index contributed by atoms with van der Waals surface area (Å²) in [6.45, 7) is 2.29. The molecule has 0 radical (unpaired) electrons. The molecular formula is C21H23N6O9P. The maximum absolute atomic E-state index is 13.4. The number of nitriles is 1. The molecule has 0 saturated carbocycles. The summed E-state index contributed by atoms with van der Waals surface area (Å²) in [5.74, 6) is 0.0997. The van der Waals surface area contributed by atoms with E-state index in [4.69, 9.17) is 24.0 Å². The smallest absolute Gasteiger partial charge is 0.404 e. The highest BCUT2D eigenvalue weighted by Crippen LogP contribution is 2.52. The van der Waals surface area contributed by atoms with Gasteiger partial charge in [0.05, 0.1) is 16.7 Å². The van der Waals surface area contributed by atoms with Gasteiger partial charge in [0.2, 0.25) is 5.60 Å². The second kappa shape index (κ2) is 10.0. The molecule has 4 rings (SSSR count). The van der Waals surface area contributed by atoms with Gasteiger partial charge < -0.3 is 25.2 Å². The molecule has 3 heterocycles. The van der Waals surface area contributed by atoms with Crippen molar-refractivity contribution in [3.63, 3.8) is 0 Å². The average molecular weight is 534 g/mol. The van der Waals surface area contributed by atoms with Crippen molar-refractivity contribution in [1.82, 2.24) is 14.6 Å². The number of nitrogens with two attached hydrogens (primary N) is 1. The molecular weight excluding hydrogens is 511 g/mol. The van der Waals surface area contributed by atoms with Crippen molar-refractivity contribution in [2.75, 3.05) is 12.3 Å². The molecule has 3 aromatic rings. The SMILES string of the molecule is CC(C)OP(=O)(OC[C@@]1(C#N)O[C@@H](c2ccc3c(N)ncnn23)[C@H](O)[C@@H]1O)Oc1ccc([N+](=O)[O-])cc1. The van der Waals surface area contributed by atoms with Crippen molar-refractivity contribution in [3.8, 4) is 11.8 Å². The van der Waals surface area contributed by atoms with Gasteiger partial charge in [-0.05, 0) is 38.1 Å². The van der Waals surface area contributed by atoms with Gasteiger partial charge in [-0.25, -0.2) is 14.1 Å². The van der Waals surface area contributed by atoms with Crippen LogP contribution in [-0.2, 0) is 18.3 Å². The normalized spacial score (nSPS) is 25.1. The maximum Gasteiger partial charge on any atom is 0.530 e. The molecule has 37 heavy (non-hydrogen) atoms. The van der Waals surface area contributed by atoms with Crippen LogP contribution in [0.4, 0.5) is 11.5 Å². The number of aromatic nitrogens is 3. The summed E-state index contributed by atoms with van der Waals surface area (Å²) in [5.41, 5.74) is 4.14. The van der Waals surface area contributed by atoms with E-state index >= 15 is 0 Å². The molecule has 1 saturated heterocycles. The summed E-state index contributed by atoms with van der Waals surface area (Å²) in [4.78, 5) is 14.1. The first-order valence-corrected chi connectivity index (χ1v) is 12.3.